The van der Waals surface area contributed by atoms with Gasteiger partial charge in [0, 0.05) is 18.0 Å². The highest BCUT2D eigenvalue weighted by atomic mass is 32.1. The molecule has 0 bridgehead atoms. The molecule has 1 aromatic heterocycles. The van der Waals surface area contributed by atoms with E-state index in [0.717, 1.165) is 41.9 Å². The van der Waals surface area contributed by atoms with Crippen LogP contribution in [-0.2, 0) is 12.8 Å². The van der Waals surface area contributed by atoms with Crippen LogP contribution in [0.4, 0.5) is 0 Å². The Kier molecular flexibility index (Phi) is 4.43. The molecule has 1 aliphatic carbocycles. The van der Waals surface area contributed by atoms with Crippen molar-refractivity contribution < 1.29 is 0 Å². The lowest BCUT2D eigenvalue weighted by Gasteiger charge is -1.99. The Morgan fingerprint density at radius 3 is 2.70 bits per heavy atom. The normalized spacial score (nSPS) is 14.7. The molecule has 0 spiro atoms. The predicted molar refractivity (Wildman–Crippen MR) is 84.1 cm³/mol. The second-order valence-electron chi connectivity index (χ2n) is 5.38. The monoisotopic (exact) mass is 287 g/mol. The molecule has 1 aromatic carbocycles. The Labute approximate surface area is 124 Å². The zero-order valence-corrected chi connectivity index (χ0v) is 12.7. The van der Waals surface area contributed by atoms with Crippen LogP contribution in [0, 0.1) is 0 Å². The highest BCUT2D eigenvalue weighted by Gasteiger charge is 2.19. The van der Waals surface area contributed by atoms with E-state index in [0.29, 0.717) is 0 Å². The molecule has 1 N–H and O–H groups in total. The van der Waals surface area contributed by atoms with Gasteiger partial charge >= 0.3 is 0 Å². The van der Waals surface area contributed by atoms with Crippen molar-refractivity contribution in [3.8, 4) is 10.6 Å². The molecule has 0 aliphatic heterocycles. The summed E-state index contributed by atoms with van der Waals surface area (Å²) in [5.41, 5.74) is 2.55. The number of aromatic nitrogens is 2. The molecule has 0 atom stereocenters. The van der Waals surface area contributed by atoms with E-state index in [1.807, 2.05) is 0 Å². The molecular weight excluding hydrogens is 266 g/mol. The van der Waals surface area contributed by atoms with Crippen molar-refractivity contribution in [1.29, 1.82) is 0 Å². The SMILES string of the molecule is CCc1ccc(-c2nnc(CCCNC3CC3)s2)cc1. The molecule has 20 heavy (non-hydrogen) atoms. The standard InChI is InChI=1S/C16H21N3S/c1-2-12-5-7-13(8-6-12)16-19-18-15(20-16)4-3-11-17-14-9-10-14/h5-8,14,17H,2-4,9-11H2,1H3. The van der Waals surface area contributed by atoms with E-state index in [2.05, 4.69) is 46.7 Å². The van der Waals surface area contributed by atoms with E-state index in [-0.39, 0.29) is 0 Å². The Balaban J connectivity index is 1.54. The largest absolute Gasteiger partial charge is 0.314 e. The van der Waals surface area contributed by atoms with Gasteiger partial charge in [-0.15, -0.1) is 10.2 Å². The van der Waals surface area contributed by atoms with Crippen LogP contribution in [0.2, 0.25) is 0 Å². The van der Waals surface area contributed by atoms with Crippen molar-refractivity contribution in [2.45, 2.75) is 45.1 Å². The van der Waals surface area contributed by atoms with Crippen molar-refractivity contribution in [1.82, 2.24) is 15.5 Å². The van der Waals surface area contributed by atoms with Crippen LogP contribution in [-0.4, -0.2) is 22.8 Å². The number of rotatable bonds is 7. The fourth-order valence-electron chi connectivity index (χ4n) is 2.19. The predicted octanol–water partition coefficient (Wildman–Crippen LogP) is 3.45. The molecule has 1 saturated carbocycles. The summed E-state index contributed by atoms with van der Waals surface area (Å²) in [7, 11) is 0. The molecular formula is C16H21N3S. The first-order chi connectivity index (χ1) is 9.85. The van der Waals surface area contributed by atoms with E-state index in [1.165, 1.54) is 24.0 Å². The maximum atomic E-state index is 4.32. The van der Waals surface area contributed by atoms with Crippen LogP contribution in [0.1, 0.15) is 36.8 Å². The Morgan fingerprint density at radius 1 is 1.20 bits per heavy atom. The van der Waals surface area contributed by atoms with Crippen LogP contribution >= 0.6 is 11.3 Å². The lowest BCUT2D eigenvalue weighted by atomic mass is 10.1. The van der Waals surface area contributed by atoms with Crippen molar-refractivity contribution in [2.24, 2.45) is 0 Å². The molecule has 1 aliphatic rings. The van der Waals surface area contributed by atoms with Gasteiger partial charge in [0.1, 0.15) is 10.0 Å². The van der Waals surface area contributed by atoms with Gasteiger partial charge in [-0.2, -0.15) is 0 Å². The minimum absolute atomic E-state index is 0.803. The van der Waals surface area contributed by atoms with Gasteiger partial charge in [0.25, 0.3) is 0 Å². The van der Waals surface area contributed by atoms with Crippen molar-refractivity contribution in [3.63, 3.8) is 0 Å². The third kappa shape index (κ3) is 3.64. The van der Waals surface area contributed by atoms with E-state index in [9.17, 15) is 0 Å². The molecule has 106 valence electrons. The fraction of sp³-hybridized carbons (Fsp3) is 0.500. The lowest BCUT2D eigenvalue weighted by Crippen LogP contribution is -2.17. The van der Waals surface area contributed by atoms with Gasteiger partial charge in [0.15, 0.2) is 0 Å². The smallest absolute Gasteiger partial charge is 0.147 e. The number of benzene rings is 1. The lowest BCUT2D eigenvalue weighted by molar-refractivity contribution is 0.643. The van der Waals surface area contributed by atoms with E-state index in [1.54, 1.807) is 11.3 Å². The van der Waals surface area contributed by atoms with Gasteiger partial charge in [-0.05, 0) is 37.8 Å². The molecule has 0 unspecified atom stereocenters. The second kappa shape index (κ2) is 6.46. The molecule has 2 aromatic rings. The molecule has 1 fully saturated rings. The maximum Gasteiger partial charge on any atom is 0.147 e. The van der Waals surface area contributed by atoms with E-state index in [4.69, 9.17) is 0 Å². The number of nitrogens with one attached hydrogen (secondary N) is 1. The number of nitrogens with zero attached hydrogens (tertiary/aromatic N) is 2. The second-order valence-corrected chi connectivity index (χ2v) is 6.45. The van der Waals surface area contributed by atoms with Gasteiger partial charge in [0.2, 0.25) is 0 Å². The summed E-state index contributed by atoms with van der Waals surface area (Å²) < 4.78 is 0. The van der Waals surface area contributed by atoms with Crippen LogP contribution in [0.15, 0.2) is 24.3 Å². The molecule has 0 radical (unpaired) electrons. The average molecular weight is 287 g/mol. The number of aryl methyl sites for hydroxylation is 2. The van der Waals surface area contributed by atoms with Crippen molar-refractivity contribution in [3.05, 3.63) is 34.8 Å². The van der Waals surface area contributed by atoms with Gasteiger partial charge in [0.05, 0.1) is 0 Å². The first-order valence-corrected chi connectivity index (χ1v) is 8.32. The summed E-state index contributed by atoms with van der Waals surface area (Å²) in [4.78, 5) is 0. The highest BCUT2D eigenvalue weighted by Crippen LogP contribution is 2.24. The van der Waals surface area contributed by atoms with Crippen molar-refractivity contribution in [2.75, 3.05) is 6.54 Å². The Hall–Kier alpha value is -1.26. The third-order valence-electron chi connectivity index (χ3n) is 3.65. The molecule has 3 nitrogen and oxygen atoms in total. The molecule has 3 rings (SSSR count). The molecule has 0 amide bonds. The third-order valence-corrected chi connectivity index (χ3v) is 4.69. The van der Waals surface area contributed by atoms with Crippen LogP contribution < -0.4 is 5.32 Å². The minimum atomic E-state index is 0.803. The van der Waals surface area contributed by atoms with Crippen LogP contribution in [0.3, 0.4) is 0 Å². The minimum Gasteiger partial charge on any atom is -0.314 e. The van der Waals surface area contributed by atoms with Crippen molar-refractivity contribution >= 4 is 11.3 Å². The molecule has 4 heteroatoms. The topological polar surface area (TPSA) is 37.8 Å². The summed E-state index contributed by atoms with van der Waals surface area (Å²) in [6.07, 6.45) is 5.98. The Bertz CT molecular complexity index is 543. The first-order valence-electron chi connectivity index (χ1n) is 7.50. The molecule has 1 heterocycles. The summed E-state index contributed by atoms with van der Waals surface area (Å²) in [5, 5.41) is 14.3. The van der Waals surface area contributed by atoms with E-state index < -0.39 is 0 Å². The summed E-state index contributed by atoms with van der Waals surface area (Å²) in [6, 6.07) is 9.46. The molecule has 0 saturated heterocycles. The first kappa shape index (κ1) is 13.7. The summed E-state index contributed by atoms with van der Waals surface area (Å²) >= 11 is 1.72. The highest BCUT2D eigenvalue weighted by molar-refractivity contribution is 7.14. The zero-order valence-electron chi connectivity index (χ0n) is 11.9. The van der Waals surface area contributed by atoms with E-state index >= 15 is 0 Å². The maximum absolute atomic E-state index is 4.32. The zero-order chi connectivity index (χ0) is 13.8. The quantitative estimate of drug-likeness (QED) is 0.793. The fourth-order valence-corrected chi connectivity index (χ4v) is 3.07. The Morgan fingerprint density at radius 2 is 2.00 bits per heavy atom. The van der Waals surface area contributed by atoms with Crippen LogP contribution in [0.5, 0.6) is 0 Å². The average Bonchev–Trinajstić information content (AvgIpc) is 3.20. The van der Waals surface area contributed by atoms with Crippen LogP contribution in [0.25, 0.3) is 10.6 Å². The summed E-state index contributed by atoms with van der Waals surface area (Å²) in [5.74, 6) is 0. The van der Waals surface area contributed by atoms with Gasteiger partial charge in [-0.25, -0.2) is 0 Å². The van der Waals surface area contributed by atoms with Gasteiger partial charge in [-0.1, -0.05) is 42.5 Å². The van der Waals surface area contributed by atoms with Gasteiger partial charge in [-0.3, -0.25) is 0 Å². The number of hydrogen-bond acceptors (Lipinski definition) is 4. The van der Waals surface area contributed by atoms with Gasteiger partial charge < -0.3 is 5.32 Å². The summed E-state index contributed by atoms with van der Waals surface area (Å²) in [6.45, 7) is 3.28. The number of hydrogen-bond donors (Lipinski definition) is 1.